The van der Waals surface area contributed by atoms with Crippen molar-refractivity contribution in [2.45, 2.75) is 5.41 Å². The van der Waals surface area contributed by atoms with Gasteiger partial charge >= 0.3 is 0 Å². The van der Waals surface area contributed by atoms with Gasteiger partial charge < -0.3 is 9.47 Å². The largest absolute Gasteiger partial charge is 0.310 e. The Morgan fingerprint density at radius 1 is 0.377 bits per heavy atom. The van der Waals surface area contributed by atoms with Gasteiger partial charge in [0.2, 0.25) is 0 Å². The van der Waals surface area contributed by atoms with E-state index in [-0.39, 0.29) is 0 Å². The van der Waals surface area contributed by atoms with E-state index < -0.39 is 5.41 Å². The second-order valence-electron chi connectivity index (χ2n) is 15.6. The Balaban J connectivity index is 1.06. The molecule has 13 rings (SSSR count). The fourth-order valence-electron chi connectivity index (χ4n) is 9.87. The van der Waals surface area contributed by atoms with Crippen molar-refractivity contribution in [2.24, 2.45) is 0 Å². The molecule has 0 amide bonds. The van der Waals surface area contributed by atoms with Crippen molar-refractivity contribution in [3.63, 3.8) is 0 Å². The van der Waals surface area contributed by atoms with Gasteiger partial charge in [0.15, 0.2) is 17.5 Å². The van der Waals surface area contributed by atoms with E-state index in [1.807, 2.05) is 83.3 Å². The Labute approximate surface area is 360 Å². The predicted molar refractivity (Wildman–Crippen MR) is 252 cm³/mol. The Kier molecular flexibility index (Phi) is 7.49. The summed E-state index contributed by atoms with van der Waals surface area (Å²) in [5, 5.41) is 7.03. The first kappa shape index (κ1) is 34.4. The van der Waals surface area contributed by atoms with Crippen LogP contribution in [0.15, 0.2) is 199 Å². The van der Waals surface area contributed by atoms with Crippen molar-refractivity contribution in [3.8, 4) is 49.6 Å². The summed E-state index contributed by atoms with van der Waals surface area (Å²) in [6, 6.07) is 67.4. The molecule has 7 heteroatoms. The van der Waals surface area contributed by atoms with Gasteiger partial charge in [0.05, 0.1) is 27.8 Å². The molecule has 0 saturated carbocycles. The minimum atomic E-state index is -0.482. The summed E-state index contributed by atoms with van der Waals surface area (Å²) in [5.74, 6) is 1.92. The molecule has 0 N–H and O–H groups in total. The van der Waals surface area contributed by atoms with E-state index >= 15 is 0 Å². The second kappa shape index (κ2) is 13.3. The molecule has 7 aromatic carbocycles. The molecule has 0 bridgehead atoms. The van der Waals surface area contributed by atoms with E-state index in [1.165, 1.54) is 59.5 Å². The van der Waals surface area contributed by atoms with Crippen LogP contribution in [0, 0.1) is 0 Å². The highest BCUT2D eigenvalue weighted by atomic mass is 32.1. The van der Waals surface area contributed by atoms with Crippen molar-refractivity contribution >= 4 is 61.5 Å². The van der Waals surface area contributed by atoms with Crippen molar-refractivity contribution in [1.29, 1.82) is 0 Å². The Morgan fingerprint density at radius 3 is 1.56 bits per heavy atom. The normalized spacial score (nSPS) is 13.3. The third-order valence-corrected chi connectivity index (χ3v) is 14.4. The van der Waals surface area contributed by atoms with Crippen molar-refractivity contribution in [2.75, 3.05) is 4.90 Å². The molecular weight excluding hydrogens is 783 g/mol. The molecule has 1 aliphatic heterocycles. The Bertz CT molecular complexity index is 3380. The first-order valence-corrected chi connectivity index (χ1v) is 22.2. The van der Waals surface area contributed by atoms with E-state index in [4.69, 9.17) is 15.0 Å². The number of fused-ring (bicyclic) bond motifs is 12. The van der Waals surface area contributed by atoms with Crippen LogP contribution in [0.3, 0.4) is 0 Å². The van der Waals surface area contributed by atoms with Crippen molar-refractivity contribution < 1.29 is 0 Å². The molecule has 1 spiro atoms. The van der Waals surface area contributed by atoms with Crippen LogP contribution in [0.5, 0.6) is 0 Å². The van der Waals surface area contributed by atoms with Crippen LogP contribution >= 0.6 is 22.7 Å². The number of benzene rings is 7. The molecule has 0 unspecified atom stereocenters. The van der Waals surface area contributed by atoms with Gasteiger partial charge in [-0.25, -0.2) is 15.0 Å². The molecule has 5 heterocycles. The van der Waals surface area contributed by atoms with Crippen LogP contribution in [0.25, 0.3) is 71.4 Å². The summed E-state index contributed by atoms with van der Waals surface area (Å²) < 4.78 is 2.43. The highest BCUT2D eigenvalue weighted by Crippen LogP contribution is 2.66. The molecule has 0 atom stereocenters. The van der Waals surface area contributed by atoms with Gasteiger partial charge in [-0.2, -0.15) is 0 Å². The average Bonchev–Trinajstić information content (AvgIpc) is 4.13. The highest BCUT2D eigenvalue weighted by Gasteiger charge is 2.53. The maximum atomic E-state index is 5.05. The number of thiophene rings is 2. The van der Waals surface area contributed by atoms with Crippen molar-refractivity contribution in [3.05, 3.63) is 221 Å². The van der Waals surface area contributed by atoms with Crippen LogP contribution in [0.4, 0.5) is 17.1 Å². The quantitative estimate of drug-likeness (QED) is 0.174. The number of nitrogens with zero attached hydrogens (tertiary/aromatic N) is 5. The number of rotatable bonds is 5. The minimum absolute atomic E-state index is 0.482. The van der Waals surface area contributed by atoms with Gasteiger partial charge in [-0.3, -0.25) is 0 Å². The number of para-hydroxylation sites is 3. The smallest absolute Gasteiger partial charge is 0.164 e. The van der Waals surface area contributed by atoms with Gasteiger partial charge in [-0.1, -0.05) is 115 Å². The standard InChI is InChI=1S/C54H33N5S2/c1-4-14-34(15-5-1)51-55-52(35-16-6-2-7-17-35)57-53(56-51)36-24-26-38(27-25-36)59-46-23-13-11-21-41(46)54(42-28-30-60-49(42)50-43(54)29-31-61-50)44-32-40-39-20-10-12-22-45(39)58(47(40)33-48(44)59)37-18-8-3-9-19-37/h1-33H. The molecule has 1 aliphatic carbocycles. The van der Waals surface area contributed by atoms with Gasteiger partial charge in [-0.15, -0.1) is 22.7 Å². The fraction of sp³-hybridized carbons (Fsp3) is 0.0185. The van der Waals surface area contributed by atoms with E-state index in [9.17, 15) is 0 Å². The maximum Gasteiger partial charge on any atom is 0.164 e. The second-order valence-corrected chi connectivity index (χ2v) is 17.4. The lowest BCUT2D eigenvalue weighted by atomic mass is 9.65. The molecule has 5 nitrogen and oxygen atoms in total. The van der Waals surface area contributed by atoms with Gasteiger partial charge in [0.25, 0.3) is 0 Å². The van der Waals surface area contributed by atoms with E-state index in [2.05, 4.69) is 148 Å². The monoisotopic (exact) mass is 815 g/mol. The lowest BCUT2D eigenvalue weighted by molar-refractivity contribution is 0.757. The topological polar surface area (TPSA) is 46.8 Å². The first-order valence-electron chi connectivity index (χ1n) is 20.4. The number of aromatic nitrogens is 4. The lowest BCUT2D eigenvalue weighted by Crippen LogP contribution is -2.35. The van der Waals surface area contributed by atoms with Crippen LogP contribution in [-0.4, -0.2) is 19.5 Å². The molecule has 0 saturated heterocycles. The van der Waals surface area contributed by atoms with Crippen LogP contribution < -0.4 is 4.90 Å². The van der Waals surface area contributed by atoms with Crippen LogP contribution in [-0.2, 0) is 5.41 Å². The molecule has 61 heavy (non-hydrogen) atoms. The Hall–Kier alpha value is -7.45. The maximum absolute atomic E-state index is 5.05. The van der Waals surface area contributed by atoms with Crippen LogP contribution in [0.2, 0.25) is 0 Å². The summed E-state index contributed by atoms with van der Waals surface area (Å²) >= 11 is 3.71. The molecule has 4 aromatic heterocycles. The van der Waals surface area contributed by atoms with E-state index in [0.717, 1.165) is 33.8 Å². The zero-order valence-corrected chi connectivity index (χ0v) is 34.2. The summed E-state index contributed by atoms with van der Waals surface area (Å²) in [4.78, 5) is 20.3. The number of hydrogen-bond donors (Lipinski definition) is 0. The molecule has 11 aromatic rings. The third-order valence-electron chi connectivity index (χ3n) is 12.4. The molecule has 2 aliphatic rings. The zero-order chi connectivity index (χ0) is 40.1. The van der Waals surface area contributed by atoms with E-state index in [1.54, 1.807) is 0 Å². The summed E-state index contributed by atoms with van der Waals surface area (Å²) in [7, 11) is 0. The van der Waals surface area contributed by atoms with Crippen LogP contribution in [0.1, 0.15) is 22.3 Å². The minimum Gasteiger partial charge on any atom is -0.310 e. The van der Waals surface area contributed by atoms with Gasteiger partial charge in [0.1, 0.15) is 0 Å². The van der Waals surface area contributed by atoms with Gasteiger partial charge in [0, 0.05) is 48.6 Å². The SMILES string of the molecule is c1ccc(-c2nc(-c3ccccc3)nc(-c3ccc(N4c5ccccc5C5(c6cc7c8ccccc8n(-c8ccccc8)c7cc64)c4ccsc4-c4sccc45)cc3)n2)cc1. The molecule has 0 fully saturated rings. The number of anilines is 3. The summed E-state index contributed by atoms with van der Waals surface area (Å²) in [6.45, 7) is 0. The van der Waals surface area contributed by atoms with Gasteiger partial charge in [-0.05, 0) is 106 Å². The average molecular weight is 816 g/mol. The molecular formula is C54H33N5S2. The zero-order valence-electron chi connectivity index (χ0n) is 32.6. The van der Waals surface area contributed by atoms with E-state index in [0.29, 0.717) is 17.5 Å². The van der Waals surface area contributed by atoms with Crippen molar-refractivity contribution in [1.82, 2.24) is 19.5 Å². The molecule has 0 radical (unpaired) electrons. The lowest BCUT2D eigenvalue weighted by Gasteiger charge is -2.44. The third kappa shape index (κ3) is 4.96. The Morgan fingerprint density at radius 2 is 0.918 bits per heavy atom. The summed E-state index contributed by atoms with van der Waals surface area (Å²) in [5.41, 5.74) is 14.5. The number of hydrogen-bond acceptors (Lipinski definition) is 6. The fourth-order valence-corrected chi connectivity index (χ4v) is 12.0. The molecule has 286 valence electrons. The predicted octanol–water partition coefficient (Wildman–Crippen LogP) is 14.2. The first-order chi connectivity index (χ1) is 30.3. The highest BCUT2D eigenvalue weighted by molar-refractivity contribution is 7.21. The summed E-state index contributed by atoms with van der Waals surface area (Å²) in [6.07, 6.45) is 0.